The molecule has 252 valence electrons. The quantitative estimate of drug-likeness (QED) is 0.0379. The Morgan fingerprint density at radius 1 is 1.25 bits per heavy atom. The number of thioether (sulfide) groups is 1. The fourth-order valence-corrected chi connectivity index (χ4v) is 6.77. The number of benzene rings is 1. The third-order valence-corrected chi connectivity index (χ3v) is 9.26. The minimum absolute atomic E-state index is 0. The van der Waals surface area contributed by atoms with Crippen LogP contribution >= 0.6 is 23.3 Å². The molecule has 2 aliphatic rings. The van der Waals surface area contributed by atoms with E-state index in [4.69, 9.17) is 15.3 Å². The number of phenols is 2. The van der Waals surface area contributed by atoms with Crippen molar-refractivity contribution >= 4 is 68.4 Å². The molecule has 3 aromatic heterocycles. The largest absolute Gasteiger partial charge is 0.504 e. The SMILES string of the molecule is COC(=O)C(C)(C)O/N=C(\C(=O)N[C@@H]1C(=O)N2C(c3nnnn3C)=C(C[n+]3ccc4cc(O)c(O)cc4c3)CS[C@H]12)c1nsc(N)n1.N. The number of tetrazole rings is 1. The minimum Gasteiger partial charge on any atom is -0.504 e. The van der Waals surface area contributed by atoms with Crippen molar-refractivity contribution < 1.29 is 38.7 Å². The normalized spacial score (nSPS) is 17.8. The summed E-state index contributed by atoms with van der Waals surface area (Å²) in [5.41, 5.74) is 5.13. The summed E-state index contributed by atoms with van der Waals surface area (Å²) in [7, 11) is 2.84. The second-order valence-electron chi connectivity index (χ2n) is 11.0. The number of nitrogens with one attached hydrogen (secondary N) is 1. The number of esters is 1. The van der Waals surface area contributed by atoms with E-state index in [2.05, 4.69) is 35.4 Å². The zero-order chi connectivity index (χ0) is 33.6. The summed E-state index contributed by atoms with van der Waals surface area (Å²) < 4.78 is 12.1. The molecular weight excluding hydrogens is 669 g/mol. The Kier molecular flexibility index (Phi) is 9.19. The topological polar surface area (TPSA) is 272 Å². The molecule has 0 spiro atoms. The van der Waals surface area contributed by atoms with Crippen LogP contribution in [0.2, 0.25) is 0 Å². The highest BCUT2D eigenvalue weighted by Gasteiger charge is 2.54. The molecule has 21 heteroatoms. The first-order valence-electron chi connectivity index (χ1n) is 13.9. The third kappa shape index (κ3) is 6.16. The van der Waals surface area contributed by atoms with Crippen LogP contribution in [0.15, 0.2) is 41.3 Å². The second-order valence-corrected chi connectivity index (χ2v) is 12.9. The summed E-state index contributed by atoms with van der Waals surface area (Å²) in [4.78, 5) is 50.3. The molecular formula is C27H31N12O7S2+. The molecule has 0 saturated carbocycles. The van der Waals surface area contributed by atoms with Gasteiger partial charge in [-0.3, -0.25) is 14.5 Å². The number of nitrogen functional groups attached to an aromatic ring is 1. The maximum Gasteiger partial charge on any atom is 0.352 e. The maximum absolute atomic E-state index is 13.7. The Hall–Kier alpha value is -5.41. The van der Waals surface area contributed by atoms with Crippen molar-refractivity contribution in [2.24, 2.45) is 12.2 Å². The molecule has 0 bridgehead atoms. The van der Waals surface area contributed by atoms with Crippen LogP contribution in [0.5, 0.6) is 11.5 Å². The highest BCUT2D eigenvalue weighted by molar-refractivity contribution is 8.00. The van der Waals surface area contributed by atoms with Crippen molar-refractivity contribution in [3.05, 3.63) is 47.8 Å². The van der Waals surface area contributed by atoms with Crippen LogP contribution in [0, 0.1) is 0 Å². The molecule has 19 nitrogen and oxygen atoms in total. The molecule has 2 aliphatic heterocycles. The summed E-state index contributed by atoms with van der Waals surface area (Å²) in [5.74, 6) is -1.76. The van der Waals surface area contributed by atoms with E-state index in [-0.39, 0.29) is 34.3 Å². The Morgan fingerprint density at radius 3 is 2.62 bits per heavy atom. The first-order chi connectivity index (χ1) is 22.4. The van der Waals surface area contributed by atoms with Gasteiger partial charge in [-0.2, -0.15) is 9.36 Å². The number of β-lactam (4-membered cyclic amide) rings is 1. The van der Waals surface area contributed by atoms with Crippen LogP contribution in [0.4, 0.5) is 5.13 Å². The van der Waals surface area contributed by atoms with E-state index in [9.17, 15) is 24.6 Å². The van der Waals surface area contributed by atoms with Crippen molar-refractivity contribution in [2.45, 2.75) is 37.4 Å². The number of anilines is 1. The molecule has 1 saturated heterocycles. The average molecular weight is 700 g/mol. The molecule has 0 aliphatic carbocycles. The maximum atomic E-state index is 13.7. The Labute approximate surface area is 280 Å². The number of fused-ring (bicyclic) bond motifs is 2. The molecule has 48 heavy (non-hydrogen) atoms. The molecule has 5 heterocycles. The predicted molar refractivity (Wildman–Crippen MR) is 171 cm³/mol. The number of pyridine rings is 1. The number of hydrogen-bond donors (Lipinski definition) is 5. The number of oxime groups is 1. The van der Waals surface area contributed by atoms with Gasteiger partial charge in [0.05, 0.1) is 12.8 Å². The number of nitrogens with zero attached hydrogens (tertiary/aromatic N) is 9. The van der Waals surface area contributed by atoms with E-state index in [0.29, 0.717) is 29.2 Å². The van der Waals surface area contributed by atoms with Gasteiger partial charge in [-0.1, -0.05) is 5.16 Å². The van der Waals surface area contributed by atoms with E-state index in [1.807, 2.05) is 17.0 Å². The first kappa shape index (κ1) is 33.9. The van der Waals surface area contributed by atoms with E-state index < -0.39 is 34.8 Å². The van der Waals surface area contributed by atoms with Gasteiger partial charge in [-0.15, -0.1) is 16.9 Å². The average Bonchev–Trinajstić information content (AvgIpc) is 3.67. The lowest BCUT2D eigenvalue weighted by atomic mass is 10.0. The van der Waals surface area contributed by atoms with Crippen LogP contribution in [0.25, 0.3) is 16.5 Å². The molecule has 2 amide bonds. The van der Waals surface area contributed by atoms with Crippen molar-refractivity contribution in [3.8, 4) is 11.5 Å². The minimum atomic E-state index is -1.55. The molecule has 1 aromatic carbocycles. The number of aromatic nitrogens is 7. The standard InChI is InChI=1S/C27H27N11O7S2.H3N/c1-27(2,25(43)44-4)45-32-17(20-30-26(28)47-33-20)22(41)29-18-23(42)38-19(21-31-34-35-36(21)3)14(11-46-24(18)38)10-37-6-5-12-7-15(39)16(40)8-13(12)9-37;/h5-9,18,24H,10-11H2,1-4H3,(H4,28,29,30,33,40,41);1H3/p+1/b32-17-;/t18-,24-;/m1./s1. The third-order valence-electron chi connectivity index (χ3n) is 7.38. The number of rotatable bonds is 9. The number of amides is 2. The van der Waals surface area contributed by atoms with Crippen LogP contribution < -0.4 is 21.8 Å². The Balaban J connectivity index is 0.00000451. The Bertz CT molecular complexity index is 1990. The zero-order valence-corrected chi connectivity index (χ0v) is 27.7. The van der Waals surface area contributed by atoms with Gasteiger partial charge in [0.2, 0.25) is 17.1 Å². The van der Waals surface area contributed by atoms with Gasteiger partial charge in [0, 0.05) is 41.4 Å². The molecule has 0 unspecified atom stereocenters. The highest BCUT2D eigenvalue weighted by atomic mass is 32.2. The van der Waals surface area contributed by atoms with Gasteiger partial charge in [-0.25, -0.2) is 14.0 Å². The van der Waals surface area contributed by atoms with E-state index in [0.717, 1.165) is 22.5 Å². The number of ether oxygens (including phenoxy) is 1. The number of carbonyl (C=O) groups excluding carboxylic acids is 3. The summed E-state index contributed by atoms with van der Waals surface area (Å²) in [6, 6.07) is 3.78. The molecule has 1 fully saturated rings. The molecule has 0 radical (unpaired) electrons. The van der Waals surface area contributed by atoms with Crippen LogP contribution in [0.1, 0.15) is 25.5 Å². The van der Waals surface area contributed by atoms with Crippen molar-refractivity contribution in [3.63, 3.8) is 0 Å². The summed E-state index contributed by atoms with van der Waals surface area (Å²) in [6.07, 6.45) is 3.63. The van der Waals surface area contributed by atoms with Gasteiger partial charge in [0.25, 0.3) is 11.8 Å². The van der Waals surface area contributed by atoms with Crippen molar-refractivity contribution in [1.29, 1.82) is 0 Å². The predicted octanol–water partition coefficient (Wildman–Crippen LogP) is -0.159. The lowest BCUT2D eigenvalue weighted by molar-refractivity contribution is -0.687. The van der Waals surface area contributed by atoms with Crippen LogP contribution in [0.3, 0.4) is 0 Å². The molecule has 2 atom stereocenters. The molecule has 4 aromatic rings. The lowest BCUT2D eigenvalue weighted by Crippen LogP contribution is -2.70. The smallest absolute Gasteiger partial charge is 0.352 e. The van der Waals surface area contributed by atoms with E-state index in [1.54, 1.807) is 18.0 Å². The first-order valence-corrected chi connectivity index (χ1v) is 15.7. The van der Waals surface area contributed by atoms with Crippen molar-refractivity contribution in [1.82, 2.24) is 45.9 Å². The molecule has 8 N–H and O–H groups in total. The highest BCUT2D eigenvalue weighted by Crippen LogP contribution is 2.43. The summed E-state index contributed by atoms with van der Waals surface area (Å²) >= 11 is 2.26. The van der Waals surface area contributed by atoms with Crippen LogP contribution in [-0.4, -0.2) is 98.1 Å². The number of methoxy groups -OCH3 is 1. The summed E-state index contributed by atoms with van der Waals surface area (Å²) in [6.45, 7) is 3.16. The number of phenolic OH excluding ortho intramolecular Hbond substituents is 2. The number of aromatic hydroxyl groups is 2. The van der Waals surface area contributed by atoms with Gasteiger partial charge in [0.15, 0.2) is 41.4 Å². The van der Waals surface area contributed by atoms with Gasteiger partial charge in [-0.05, 0) is 41.8 Å². The van der Waals surface area contributed by atoms with E-state index >= 15 is 0 Å². The van der Waals surface area contributed by atoms with Crippen molar-refractivity contribution in [2.75, 3.05) is 18.6 Å². The second kappa shape index (κ2) is 13.0. The Morgan fingerprint density at radius 2 is 1.98 bits per heavy atom. The van der Waals surface area contributed by atoms with Gasteiger partial charge >= 0.3 is 5.97 Å². The zero-order valence-electron chi connectivity index (χ0n) is 26.0. The monoisotopic (exact) mass is 699 g/mol. The van der Waals surface area contributed by atoms with E-state index in [1.165, 1.54) is 49.5 Å². The number of nitrogens with two attached hydrogens (primary N) is 1. The van der Waals surface area contributed by atoms with Gasteiger partial charge < -0.3 is 37.0 Å². The number of aryl methyl sites for hydroxylation is 1. The van der Waals surface area contributed by atoms with Crippen LogP contribution in [-0.2, 0) is 37.6 Å². The summed E-state index contributed by atoms with van der Waals surface area (Å²) in [5, 5.41) is 39.3. The van der Waals surface area contributed by atoms with Gasteiger partial charge in [0.1, 0.15) is 11.4 Å². The number of hydrogen-bond acceptors (Lipinski definition) is 17. The lowest BCUT2D eigenvalue weighted by Gasteiger charge is -2.49. The molecule has 6 rings (SSSR count). The fourth-order valence-electron chi connectivity index (χ4n) is 5.00. The fraction of sp³-hybridized carbons (Fsp3) is 0.333. The number of carbonyl (C=O) groups is 3.